The van der Waals surface area contributed by atoms with Gasteiger partial charge in [0.25, 0.3) is 0 Å². The van der Waals surface area contributed by atoms with Crippen LogP contribution in [0.1, 0.15) is 58.1 Å². The fraction of sp³-hybridized carbons (Fsp3) is 0.786. The molecular weight excluding hydrogens is 212 g/mol. The van der Waals surface area contributed by atoms with Crippen molar-refractivity contribution in [1.82, 2.24) is 10.3 Å². The van der Waals surface area contributed by atoms with Gasteiger partial charge < -0.3 is 9.73 Å². The first kappa shape index (κ1) is 14.2. The quantitative estimate of drug-likeness (QED) is 0.706. The van der Waals surface area contributed by atoms with Crippen LogP contribution in [-0.2, 0) is 6.42 Å². The third kappa shape index (κ3) is 5.35. The molecule has 1 heterocycles. The average molecular weight is 238 g/mol. The molecule has 0 fully saturated rings. The number of aromatic nitrogens is 1. The van der Waals surface area contributed by atoms with Crippen molar-refractivity contribution in [3.05, 3.63) is 17.8 Å². The van der Waals surface area contributed by atoms with E-state index >= 15 is 0 Å². The predicted octanol–water partition coefficient (Wildman–Crippen LogP) is 3.37. The molecule has 1 aromatic heterocycles. The first-order valence-electron chi connectivity index (χ1n) is 6.78. The van der Waals surface area contributed by atoms with Crippen molar-refractivity contribution < 1.29 is 4.42 Å². The Labute approximate surface area is 105 Å². The molecule has 0 aromatic carbocycles. The lowest BCUT2D eigenvalue weighted by molar-refractivity contribution is 0.415. The molecule has 0 bridgehead atoms. The van der Waals surface area contributed by atoms with E-state index in [-0.39, 0.29) is 0 Å². The molecule has 1 N–H and O–H groups in total. The van der Waals surface area contributed by atoms with Crippen molar-refractivity contribution in [2.75, 3.05) is 13.1 Å². The van der Waals surface area contributed by atoms with Crippen molar-refractivity contribution in [3.8, 4) is 0 Å². The van der Waals surface area contributed by atoms with Crippen LogP contribution in [0.4, 0.5) is 0 Å². The number of nitrogens with zero attached hydrogens (tertiary/aromatic N) is 1. The molecule has 0 radical (unpaired) electrons. The fourth-order valence-corrected chi connectivity index (χ4v) is 1.83. The zero-order chi connectivity index (χ0) is 12.7. The highest BCUT2D eigenvalue weighted by Gasteiger charge is 2.10. The summed E-state index contributed by atoms with van der Waals surface area (Å²) in [5.41, 5.74) is 0. The Kier molecular flexibility index (Phi) is 6.27. The molecule has 1 rings (SSSR count). The molecule has 0 aliphatic rings. The van der Waals surface area contributed by atoms with Gasteiger partial charge >= 0.3 is 0 Å². The van der Waals surface area contributed by atoms with E-state index in [2.05, 4.69) is 38.0 Å². The molecule has 3 heteroatoms. The van der Waals surface area contributed by atoms with Crippen molar-refractivity contribution in [3.63, 3.8) is 0 Å². The van der Waals surface area contributed by atoms with Gasteiger partial charge in [-0.3, -0.25) is 0 Å². The van der Waals surface area contributed by atoms with E-state index < -0.39 is 0 Å². The largest absolute Gasteiger partial charge is 0.445 e. The van der Waals surface area contributed by atoms with Crippen LogP contribution >= 0.6 is 0 Å². The summed E-state index contributed by atoms with van der Waals surface area (Å²) in [6.45, 7) is 10.8. The maximum absolute atomic E-state index is 5.75. The summed E-state index contributed by atoms with van der Waals surface area (Å²) >= 11 is 0. The maximum atomic E-state index is 5.75. The molecule has 3 nitrogen and oxygen atoms in total. The molecule has 98 valence electrons. The smallest absolute Gasteiger partial charge is 0.195 e. The fourth-order valence-electron chi connectivity index (χ4n) is 1.83. The zero-order valence-electron chi connectivity index (χ0n) is 11.6. The molecular formula is C14H26N2O. The zero-order valence-corrected chi connectivity index (χ0v) is 11.6. The lowest BCUT2D eigenvalue weighted by Crippen LogP contribution is -2.22. The first-order chi connectivity index (χ1) is 8.13. The highest BCUT2D eigenvalue weighted by Crippen LogP contribution is 2.21. The van der Waals surface area contributed by atoms with Crippen LogP contribution in [0.5, 0.6) is 0 Å². The second kappa shape index (κ2) is 7.49. The van der Waals surface area contributed by atoms with Gasteiger partial charge in [0, 0.05) is 18.9 Å². The third-order valence-electron chi connectivity index (χ3n) is 2.85. The Morgan fingerprint density at radius 2 is 2.12 bits per heavy atom. The summed E-state index contributed by atoms with van der Waals surface area (Å²) in [5, 5.41) is 3.40. The highest BCUT2D eigenvalue weighted by molar-refractivity contribution is 5.00. The lowest BCUT2D eigenvalue weighted by atomic mass is 10.0. The SMILES string of the molecule is CCCC(C)c1cnc(CCNCC(C)C)o1. The molecule has 0 aliphatic carbocycles. The number of oxazole rings is 1. The first-order valence-corrected chi connectivity index (χ1v) is 6.78. The van der Waals surface area contributed by atoms with Gasteiger partial charge in [0.1, 0.15) is 5.76 Å². The normalized spacial score (nSPS) is 13.2. The van der Waals surface area contributed by atoms with Crippen molar-refractivity contribution in [2.24, 2.45) is 5.92 Å². The van der Waals surface area contributed by atoms with Gasteiger partial charge in [0.05, 0.1) is 6.20 Å². The molecule has 17 heavy (non-hydrogen) atoms. The number of rotatable bonds is 8. The minimum Gasteiger partial charge on any atom is -0.445 e. The van der Waals surface area contributed by atoms with Crippen LogP contribution in [0, 0.1) is 5.92 Å². The minimum absolute atomic E-state index is 0.491. The summed E-state index contributed by atoms with van der Waals surface area (Å²) in [6, 6.07) is 0. The Morgan fingerprint density at radius 1 is 1.35 bits per heavy atom. The van der Waals surface area contributed by atoms with Gasteiger partial charge in [0.2, 0.25) is 0 Å². The molecule has 1 aromatic rings. The summed E-state index contributed by atoms with van der Waals surface area (Å²) < 4.78 is 5.75. The number of hydrogen-bond acceptors (Lipinski definition) is 3. The van der Waals surface area contributed by atoms with E-state index in [1.807, 2.05) is 6.20 Å². The standard InChI is InChI=1S/C14H26N2O/c1-5-6-12(4)13-10-16-14(17-13)7-8-15-9-11(2)3/h10-12,15H,5-9H2,1-4H3. The van der Waals surface area contributed by atoms with Gasteiger partial charge in [0.15, 0.2) is 5.89 Å². The van der Waals surface area contributed by atoms with E-state index in [0.717, 1.165) is 31.2 Å². The van der Waals surface area contributed by atoms with E-state index in [1.54, 1.807) is 0 Å². The summed E-state index contributed by atoms with van der Waals surface area (Å²) in [6.07, 6.45) is 5.12. The summed E-state index contributed by atoms with van der Waals surface area (Å²) in [5.74, 6) is 3.08. The van der Waals surface area contributed by atoms with Gasteiger partial charge in [-0.2, -0.15) is 0 Å². The van der Waals surface area contributed by atoms with E-state index in [9.17, 15) is 0 Å². The molecule has 1 unspecified atom stereocenters. The topological polar surface area (TPSA) is 38.1 Å². The van der Waals surface area contributed by atoms with Crippen LogP contribution in [0.15, 0.2) is 10.6 Å². The molecule has 0 saturated heterocycles. The minimum atomic E-state index is 0.491. The van der Waals surface area contributed by atoms with Gasteiger partial charge in [-0.1, -0.05) is 34.1 Å². The van der Waals surface area contributed by atoms with E-state index in [0.29, 0.717) is 11.8 Å². The number of nitrogens with one attached hydrogen (secondary N) is 1. The van der Waals surface area contributed by atoms with E-state index in [1.165, 1.54) is 12.8 Å². The molecule has 0 spiro atoms. The predicted molar refractivity (Wildman–Crippen MR) is 71.2 cm³/mol. The van der Waals surface area contributed by atoms with Crippen LogP contribution in [0.2, 0.25) is 0 Å². The Balaban J connectivity index is 2.30. The third-order valence-corrected chi connectivity index (χ3v) is 2.85. The van der Waals surface area contributed by atoms with Gasteiger partial charge in [-0.25, -0.2) is 4.98 Å². The Morgan fingerprint density at radius 3 is 2.76 bits per heavy atom. The highest BCUT2D eigenvalue weighted by atomic mass is 16.4. The average Bonchev–Trinajstić information content (AvgIpc) is 2.73. The number of hydrogen-bond donors (Lipinski definition) is 1. The molecule has 0 saturated carbocycles. The Bertz CT molecular complexity index is 307. The summed E-state index contributed by atoms with van der Waals surface area (Å²) in [4.78, 5) is 4.33. The van der Waals surface area contributed by atoms with Crippen molar-refractivity contribution in [1.29, 1.82) is 0 Å². The summed E-state index contributed by atoms with van der Waals surface area (Å²) in [7, 11) is 0. The second-order valence-electron chi connectivity index (χ2n) is 5.19. The van der Waals surface area contributed by atoms with Crippen LogP contribution in [0.25, 0.3) is 0 Å². The van der Waals surface area contributed by atoms with Gasteiger partial charge in [-0.05, 0) is 18.9 Å². The van der Waals surface area contributed by atoms with E-state index in [4.69, 9.17) is 4.42 Å². The van der Waals surface area contributed by atoms with Crippen LogP contribution in [0.3, 0.4) is 0 Å². The lowest BCUT2D eigenvalue weighted by Gasteiger charge is -2.06. The van der Waals surface area contributed by atoms with Gasteiger partial charge in [-0.15, -0.1) is 0 Å². The molecule has 0 amide bonds. The van der Waals surface area contributed by atoms with Crippen molar-refractivity contribution >= 4 is 0 Å². The second-order valence-corrected chi connectivity index (χ2v) is 5.19. The maximum Gasteiger partial charge on any atom is 0.195 e. The van der Waals surface area contributed by atoms with Crippen LogP contribution < -0.4 is 5.32 Å². The van der Waals surface area contributed by atoms with Crippen molar-refractivity contribution in [2.45, 2.75) is 52.9 Å². The molecule has 1 atom stereocenters. The monoisotopic (exact) mass is 238 g/mol. The Hall–Kier alpha value is -0.830. The molecule has 0 aliphatic heterocycles. The van der Waals surface area contributed by atoms with Crippen LogP contribution in [-0.4, -0.2) is 18.1 Å².